The van der Waals surface area contributed by atoms with Crippen LogP contribution in [0, 0.1) is 0 Å². The van der Waals surface area contributed by atoms with Crippen molar-refractivity contribution in [3.63, 3.8) is 0 Å². The summed E-state index contributed by atoms with van der Waals surface area (Å²) in [7, 11) is 0. The predicted octanol–water partition coefficient (Wildman–Crippen LogP) is 1.74. The van der Waals surface area contributed by atoms with Crippen LogP contribution >= 0.6 is 0 Å². The van der Waals surface area contributed by atoms with E-state index < -0.39 is 0 Å². The molecular formula is C13H21N3O. The summed E-state index contributed by atoms with van der Waals surface area (Å²) in [5.74, 6) is 0. The van der Waals surface area contributed by atoms with E-state index in [0.717, 1.165) is 5.56 Å². The number of nitrogens with two attached hydrogens (primary N) is 1. The second-order valence-electron chi connectivity index (χ2n) is 3.88. The monoisotopic (exact) mass is 235 g/mol. The minimum atomic E-state index is -0.157. The van der Waals surface area contributed by atoms with Crippen LogP contribution in [0.4, 0.5) is 4.79 Å². The summed E-state index contributed by atoms with van der Waals surface area (Å²) >= 11 is 0. The molecule has 2 amide bonds. The molecule has 0 unspecified atom stereocenters. The van der Waals surface area contributed by atoms with Gasteiger partial charge >= 0.3 is 6.03 Å². The highest BCUT2D eigenvalue weighted by Crippen LogP contribution is 2.07. The van der Waals surface area contributed by atoms with E-state index in [9.17, 15) is 4.79 Å². The number of hydrogen-bond acceptors (Lipinski definition) is 2. The fourth-order valence-corrected chi connectivity index (χ4v) is 1.64. The van der Waals surface area contributed by atoms with E-state index in [-0.39, 0.29) is 12.1 Å². The zero-order valence-electron chi connectivity index (χ0n) is 10.5. The normalized spacial score (nSPS) is 11.9. The van der Waals surface area contributed by atoms with Crippen LogP contribution in [0.5, 0.6) is 0 Å². The molecule has 17 heavy (non-hydrogen) atoms. The Bertz CT molecular complexity index is 336. The van der Waals surface area contributed by atoms with Gasteiger partial charge in [-0.05, 0) is 19.4 Å². The van der Waals surface area contributed by atoms with Crippen molar-refractivity contribution in [3.8, 4) is 0 Å². The van der Waals surface area contributed by atoms with E-state index in [1.54, 1.807) is 4.90 Å². The maximum Gasteiger partial charge on any atom is 0.317 e. The molecule has 4 nitrogen and oxygen atoms in total. The quantitative estimate of drug-likeness (QED) is 0.816. The predicted molar refractivity (Wildman–Crippen MR) is 69.7 cm³/mol. The summed E-state index contributed by atoms with van der Waals surface area (Å²) in [6, 6.07) is 9.56. The van der Waals surface area contributed by atoms with Crippen LogP contribution < -0.4 is 11.1 Å². The van der Waals surface area contributed by atoms with Crippen molar-refractivity contribution < 1.29 is 4.79 Å². The molecule has 0 aliphatic heterocycles. The smallest absolute Gasteiger partial charge is 0.317 e. The fraction of sp³-hybridized carbons (Fsp3) is 0.462. The molecular weight excluding hydrogens is 214 g/mol. The van der Waals surface area contributed by atoms with Crippen molar-refractivity contribution in [1.82, 2.24) is 10.2 Å². The summed E-state index contributed by atoms with van der Waals surface area (Å²) in [5, 5.41) is 2.84. The number of benzene rings is 1. The molecule has 0 aliphatic carbocycles. The largest absolute Gasteiger partial charge is 0.336 e. The molecule has 1 aromatic rings. The molecule has 0 saturated heterocycles. The highest BCUT2D eigenvalue weighted by atomic mass is 16.2. The van der Waals surface area contributed by atoms with Crippen LogP contribution in [0.2, 0.25) is 0 Å². The Morgan fingerprint density at radius 2 is 1.88 bits per heavy atom. The molecule has 3 N–H and O–H groups in total. The number of amides is 2. The van der Waals surface area contributed by atoms with Gasteiger partial charge in [0.1, 0.15) is 0 Å². The zero-order valence-corrected chi connectivity index (χ0v) is 10.5. The first-order valence-corrected chi connectivity index (χ1v) is 6.02. The number of hydrogen-bond donors (Lipinski definition) is 2. The molecule has 0 radical (unpaired) electrons. The van der Waals surface area contributed by atoms with E-state index in [2.05, 4.69) is 5.32 Å². The van der Waals surface area contributed by atoms with Crippen molar-refractivity contribution in [2.24, 2.45) is 5.73 Å². The highest BCUT2D eigenvalue weighted by molar-refractivity contribution is 5.74. The number of rotatable bonds is 5. The molecule has 4 heteroatoms. The lowest BCUT2D eigenvalue weighted by Crippen LogP contribution is -2.42. The maximum atomic E-state index is 11.7. The summed E-state index contributed by atoms with van der Waals surface area (Å²) < 4.78 is 0. The Morgan fingerprint density at radius 3 is 2.41 bits per heavy atom. The first-order chi connectivity index (χ1) is 8.19. The summed E-state index contributed by atoms with van der Waals surface area (Å²) in [6.45, 7) is 5.80. The van der Waals surface area contributed by atoms with Gasteiger partial charge in [-0.25, -0.2) is 4.79 Å². The van der Waals surface area contributed by atoms with Crippen molar-refractivity contribution in [2.75, 3.05) is 19.6 Å². The number of urea groups is 1. The van der Waals surface area contributed by atoms with Crippen molar-refractivity contribution >= 4 is 6.03 Å². The average Bonchev–Trinajstić information content (AvgIpc) is 2.38. The number of carbonyl (C=O) groups is 1. The van der Waals surface area contributed by atoms with Crippen LogP contribution in [-0.2, 0) is 0 Å². The Hall–Kier alpha value is -1.55. The molecule has 0 aliphatic rings. The minimum Gasteiger partial charge on any atom is -0.336 e. The lowest BCUT2D eigenvalue weighted by Gasteiger charge is -2.21. The van der Waals surface area contributed by atoms with E-state index in [1.807, 2.05) is 44.2 Å². The lowest BCUT2D eigenvalue weighted by atomic mass is 10.1. The third kappa shape index (κ3) is 4.07. The third-order valence-corrected chi connectivity index (χ3v) is 2.75. The fourth-order valence-electron chi connectivity index (χ4n) is 1.64. The number of carbonyl (C=O) groups excluding carboxylic acids is 1. The Morgan fingerprint density at radius 1 is 1.29 bits per heavy atom. The molecule has 1 rings (SSSR count). The Labute approximate surface area is 103 Å². The van der Waals surface area contributed by atoms with E-state index in [1.165, 1.54) is 0 Å². The Balaban J connectivity index is 2.43. The summed E-state index contributed by atoms with van der Waals surface area (Å²) in [5.41, 5.74) is 7.03. The number of nitrogens with one attached hydrogen (secondary N) is 1. The minimum absolute atomic E-state index is 0.0543. The van der Waals surface area contributed by atoms with E-state index in [4.69, 9.17) is 5.73 Å². The van der Waals surface area contributed by atoms with Crippen molar-refractivity contribution in [2.45, 2.75) is 19.9 Å². The van der Waals surface area contributed by atoms with Gasteiger partial charge in [-0.3, -0.25) is 0 Å². The third-order valence-electron chi connectivity index (χ3n) is 2.75. The Kier molecular flexibility index (Phi) is 5.49. The van der Waals surface area contributed by atoms with Gasteiger partial charge in [0.15, 0.2) is 0 Å². The van der Waals surface area contributed by atoms with Gasteiger partial charge in [-0.2, -0.15) is 0 Å². The van der Waals surface area contributed by atoms with Gasteiger partial charge < -0.3 is 16.0 Å². The number of nitrogens with zero attached hydrogens (tertiary/aromatic N) is 1. The highest BCUT2D eigenvalue weighted by Gasteiger charge is 2.11. The van der Waals surface area contributed by atoms with Gasteiger partial charge in [0.05, 0.1) is 0 Å². The van der Waals surface area contributed by atoms with Crippen LogP contribution in [0.15, 0.2) is 30.3 Å². The molecule has 0 heterocycles. The summed E-state index contributed by atoms with van der Waals surface area (Å²) in [6.07, 6.45) is 0. The standard InChI is InChI=1S/C13H21N3O/c1-3-16(4-2)13(17)15-10-12(14)11-8-6-5-7-9-11/h5-9,12H,3-4,10,14H2,1-2H3,(H,15,17)/t12-/m0/s1. The molecule has 0 bridgehead atoms. The van der Waals surface area contributed by atoms with E-state index >= 15 is 0 Å². The molecule has 1 atom stereocenters. The van der Waals surface area contributed by atoms with Crippen LogP contribution in [-0.4, -0.2) is 30.6 Å². The second-order valence-corrected chi connectivity index (χ2v) is 3.88. The summed E-state index contributed by atoms with van der Waals surface area (Å²) in [4.78, 5) is 13.4. The first-order valence-electron chi connectivity index (χ1n) is 6.02. The first kappa shape index (κ1) is 13.5. The second kappa shape index (κ2) is 6.91. The van der Waals surface area contributed by atoms with E-state index in [0.29, 0.717) is 19.6 Å². The van der Waals surface area contributed by atoms with Gasteiger partial charge in [0.25, 0.3) is 0 Å². The van der Waals surface area contributed by atoms with Crippen molar-refractivity contribution in [1.29, 1.82) is 0 Å². The van der Waals surface area contributed by atoms with Crippen LogP contribution in [0.25, 0.3) is 0 Å². The topological polar surface area (TPSA) is 58.4 Å². The van der Waals surface area contributed by atoms with Gasteiger partial charge in [-0.1, -0.05) is 30.3 Å². The molecule has 0 fully saturated rings. The zero-order chi connectivity index (χ0) is 12.7. The SMILES string of the molecule is CCN(CC)C(=O)NC[C@H](N)c1ccccc1. The molecule has 0 spiro atoms. The van der Waals surface area contributed by atoms with Crippen LogP contribution in [0.3, 0.4) is 0 Å². The van der Waals surface area contributed by atoms with Crippen molar-refractivity contribution in [3.05, 3.63) is 35.9 Å². The van der Waals surface area contributed by atoms with Gasteiger partial charge in [0.2, 0.25) is 0 Å². The molecule has 1 aromatic carbocycles. The van der Waals surface area contributed by atoms with Gasteiger partial charge in [-0.15, -0.1) is 0 Å². The molecule has 0 aromatic heterocycles. The molecule has 0 saturated carbocycles. The van der Waals surface area contributed by atoms with Crippen LogP contribution in [0.1, 0.15) is 25.5 Å². The average molecular weight is 235 g/mol. The maximum absolute atomic E-state index is 11.7. The molecule has 94 valence electrons. The van der Waals surface area contributed by atoms with Gasteiger partial charge in [0, 0.05) is 25.7 Å². The lowest BCUT2D eigenvalue weighted by molar-refractivity contribution is 0.202.